The van der Waals surface area contributed by atoms with Crippen LogP contribution in [-0.4, -0.2) is 41.4 Å². The summed E-state index contributed by atoms with van der Waals surface area (Å²) in [4.78, 5) is 8.86. The standard InChI is InChI=1S/C16H18N6/c1-13-6-7-16(20-19-13)22-9-3-8-21(10-11-22)15-5-2-4-14(12-17)18-15/h2,4-7H,3,8-11H2,1H3. The van der Waals surface area contributed by atoms with Gasteiger partial charge in [-0.05, 0) is 37.6 Å². The van der Waals surface area contributed by atoms with Crippen molar-refractivity contribution in [2.45, 2.75) is 13.3 Å². The smallest absolute Gasteiger partial charge is 0.151 e. The van der Waals surface area contributed by atoms with E-state index in [1.165, 1.54) is 0 Å². The van der Waals surface area contributed by atoms with E-state index in [-0.39, 0.29) is 0 Å². The van der Waals surface area contributed by atoms with Gasteiger partial charge in [-0.1, -0.05) is 6.07 Å². The number of pyridine rings is 1. The summed E-state index contributed by atoms with van der Waals surface area (Å²) in [5, 5.41) is 17.4. The molecule has 3 heterocycles. The first-order valence-corrected chi connectivity index (χ1v) is 7.43. The van der Waals surface area contributed by atoms with E-state index in [1.54, 1.807) is 6.07 Å². The maximum Gasteiger partial charge on any atom is 0.151 e. The molecule has 6 nitrogen and oxygen atoms in total. The molecule has 112 valence electrons. The average Bonchev–Trinajstić information content (AvgIpc) is 2.82. The van der Waals surface area contributed by atoms with Gasteiger partial charge in [-0.3, -0.25) is 0 Å². The molecule has 0 bridgehead atoms. The molecule has 0 N–H and O–H groups in total. The van der Waals surface area contributed by atoms with E-state index in [0.717, 1.165) is 49.9 Å². The molecule has 2 aromatic heterocycles. The third-order valence-electron chi connectivity index (χ3n) is 3.78. The molecule has 1 saturated heterocycles. The maximum absolute atomic E-state index is 8.97. The summed E-state index contributed by atoms with van der Waals surface area (Å²) in [5.74, 6) is 1.79. The molecule has 0 saturated carbocycles. The Morgan fingerprint density at radius 3 is 2.41 bits per heavy atom. The molecule has 1 fully saturated rings. The van der Waals surface area contributed by atoms with Gasteiger partial charge in [-0.25, -0.2) is 4.98 Å². The van der Waals surface area contributed by atoms with Crippen LogP contribution >= 0.6 is 0 Å². The van der Waals surface area contributed by atoms with Crippen LogP contribution in [0.1, 0.15) is 17.8 Å². The summed E-state index contributed by atoms with van der Waals surface area (Å²) in [5.41, 5.74) is 1.39. The molecule has 1 aliphatic heterocycles. The number of aryl methyl sites for hydroxylation is 1. The van der Waals surface area contributed by atoms with Crippen LogP contribution in [0.2, 0.25) is 0 Å². The molecule has 0 aliphatic carbocycles. The van der Waals surface area contributed by atoms with Crippen molar-refractivity contribution in [2.75, 3.05) is 36.0 Å². The number of hydrogen-bond donors (Lipinski definition) is 0. The number of aromatic nitrogens is 3. The first-order valence-electron chi connectivity index (χ1n) is 7.43. The quantitative estimate of drug-likeness (QED) is 0.841. The molecule has 0 atom stereocenters. The molecule has 0 spiro atoms. The van der Waals surface area contributed by atoms with Crippen molar-refractivity contribution in [3.8, 4) is 6.07 Å². The van der Waals surface area contributed by atoms with Crippen LogP contribution in [0.3, 0.4) is 0 Å². The lowest BCUT2D eigenvalue weighted by atomic mass is 10.3. The Hall–Kier alpha value is -2.68. The van der Waals surface area contributed by atoms with E-state index in [4.69, 9.17) is 5.26 Å². The number of anilines is 2. The zero-order valence-electron chi connectivity index (χ0n) is 12.6. The second-order valence-corrected chi connectivity index (χ2v) is 5.35. The van der Waals surface area contributed by atoms with Gasteiger partial charge in [0.1, 0.15) is 17.6 Å². The van der Waals surface area contributed by atoms with E-state index < -0.39 is 0 Å². The Morgan fingerprint density at radius 2 is 1.73 bits per heavy atom. The predicted molar refractivity (Wildman–Crippen MR) is 84.8 cm³/mol. The molecule has 0 radical (unpaired) electrons. The van der Waals surface area contributed by atoms with Crippen molar-refractivity contribution in [3.05, 3.63) is 41.7 Å². The van der Waals surface area contributed by atoms with E-state index >= 15 is 0 Å². The van der Waals surface area contributed by atoms with Crippen molar-refractivity contribution in [3.63, 3.8) is 0 Å². The molecular formula is C16H18N6. The number of hydrogen-bond acceptors (Lipinski definition) is 6. The molecule has 6 heteroatoms. The summed E-state index contributed by atoms with van der Waals surface area (Å²) >= 11 is 0. The van der Waals surface area contributed by atoms with Crippen LogP contribution in [0.15, 0.2) is 30.3 Å². The summed E-state index contributed by atoms with van der Waals surface area (Å²) in [6.07, 6.45) is 1.02. The minimum absolute atomic E-state index is 0.461. The van der Waals surface area contributed by atoms with Gasteiger partial charge in [0.05, 0.1) is 5.69 Å². The third-order valence-corrected chi connectivity index (χ3v) is 3.78. The topological polar surface area (TPSA) is 68.9 Å². The first-order chi connectivity index (χ1) is 10.8. The average molecular weight is 294 g/mol. The molecule has 3 rings (SSSR count). The Morgan fingerprint density at radius 1 is 0.955 bits per heavy atom. The fourth-order valence-corrected chi connectivity index (χ4v) is 2.60. The summed E-state index contributed by atoms with van der Waals surface area (Å²) in [6, 6.07) is 11.7. The highest BCUT2D eigenvalue weighted by molar-refractivity contribution is 5.44. The largest absolute Gasteiger partial charge is 0.355 e. The Bertz CT molecular complexity index is 676. The normalized spacial score (nSPS) is 15.3. The molecule has 0 amide bonds. The van der Waals surface area contributed by atoms with Gasteiger partial charge in [0, 0.05) is 26.2 Å². The highest BCUT2D eigenvalue weighted by atomic mass is 15.3. The van der Waals surface area contributed by atoms with Crippen molar-refractivity contribution < 1.29 is 0 Å². The monoisotopic (exact) mass is 294 g/mol. The molecular weight excluding hydrogens is 276 g/mol. The lowest BCUT2D eigenvalue weighted by molar-refractivity contribution is 0.782. The van der Waals surface area contributed by atoms with Crippen LogP contribution in [0.5, 0.6) is 0 Å². The van der Waals surface area contributed by atoms with Crippen LogP contribution in [0.4, 0.5) is 11.6 Å². The molecule has 22 heavy (non-hydrogen) atoms. The van der Waals surface area contributed by atoms with E-state index in [2.05, 4.69) is 31.1 Å². The molecule has 1 aliphatic rings. The number of rotatable bonds is 2. The van der Waals surface area contributed by atoms with E-state index in [0.29, 0.717) is 5.69 Å². The third kappa shape index (κ3) is 3.14. The predicted octanol–water partition coefficient (Wildman–Crippen LogP) is 1.77. The van der Waals surface area contributed by atoms with Crippen LogP contribution < -0.4 is 9.80 Å². The van der Waals surface area contributed by atoms with Gasteiger partial charge >= 0.3 is 0 Å². The highest BCUT2D eigenvalue weighted by Gasteiger charge is 2.17. The molecule has 0 unspecified atom stereocenters. The number of nitriles is 1. The minimum atomic E-state index is 0.461. The number of nitrogens with zero attached hydrogens (tertiary/aromatic N) is 6. The summed E-state index contributed by atoms with van der Waals surface area (Å²) in [7, 11) is 0. The van der Waals surface area contributed by atoms with Gasteiger partial charge in [0.2, 0.25) is 0 Å². The fourth-order valence-electron chi connectivity index (χ4n) is 2.60. The Kier molecular flexibility index (Phi) is 4.15. The second-order valence-electron chi connectivity index (χ2n) is 5.35. The van der Waals surface area contributed by atoms with Crippen molar-refractivity contribution >= 4 is 11.6 Å². The van der Waals surface area contributed by atoms with Crippen LogP contribution in [0.25, 0.3) is 0 Å². The van der Waals surface area contributed by atoms with Gasteiger partial charge in [-0.2, -0.15) is 10.4 Å². The van der Waals surface area contributed by atoms with Crippen molar-refractivity contribution in [1.82, 2.24) is 15.2 Å². The fraction of sp³-hybridized carbons (Fsp3) is 0.375. The van der Waals surface area contributed by atoms with Gasteiger partial charge < -0.3 is 9.80 Å². The Balaban J connectivity index is 1.72. The minimum Gasteiger partial charge on any atom is -0.355 e. The summed E-state index contributed by atoms with van der Waals surface area (Å²) < 4.78 is 0. The zero-order valence-corrected chi connectivity index (χ0v) is 12.6. The lowest BCUT2D eigenvalue weighted by Crippen LogP contribution is -2.31. The van der Waals surface area contributed by atoms with E-state index in [9.17, 15) is 0 Å². The Labute approximate surface area is 130 Å². The lowest BCUT2D eigenvalue weighted by Gasteiger charge is -2.23. The van der Waals surface area contributed by atoms with Gasteiger partial charge in [0.15, 0.2) is 5.82 Å². The maximum atomic E-state index is 8.97. The molecule has 0 aromatic carbocycles. The van der Waals surface area contributed by atoms with Gasteiger partial charge in [0.25, 0.3) is 0 Å². The molecule has 2 aromatic rings. The zero-order chi connectivity index (χ0) is 15.4. The van der Waals surface area contributed by atoms with E-state index in [1.807, 2.05) is 31.2 Å². The van der Waals surface area contributed by atoms with Gasteiger partial charge in [-0.15, -0.1) is 5.10 Å². The van der Waals surface area contributed by atoms with Crippen molar-refractivity contribution in [2.24, 2.45) is 0 Å². The van der Waals surface area contributed by atoms with Crippen LogP contribution in [0, 0.1) is 18.3 Å². The SMILES string of the molecule is Cc1ccc(N2CCCN(c3cccc(C#N)n3)CC2)nn1. The first kappa shape index (κ1) is 14.3. The summed E-state index contributed by atoms with van der Waals surface area (Å²) in [6.45, 7) is 5.55. The highest BCUT2D eigenvalue weighted by Crippen LogP contribution is 2.17. The van der Waals surface area contributed by atoms with Crippen molar-refractivity contribution in [1.29, 1.82) is 5.26 Å². The van der Waals surface area contributed by atoms with Crippen LogP contribution in [-0.2, 0) is 0 Å². The second kappa shape index (κ2) is 6.39.